The van der Waals surface area contributed by atoms with Gasteiger partial charge in [0.05, 0.1) is 11.7 Å². The van der Waals surface area contributed by atoms with Gasteiger partial charge in [0.25, 0.3) is 0 Å². The summed E-state index contributed by atoms with van der Waals surface area (Å²) in [6.45, 7) is 2.64. The van der Waals surface area contributed by atoms with Gasteiger partial charge in [0.1, 0.15) is 12.4 Å². The van der Waals surface area contributed by atoms with E-state index >= 15 is 0 Å². The first-order chi connectivity index (χ1) is 16.0. The average Bonchev–Trinajstić information content (AvgIpc) is 3.38. The van der Waals surface area contributed by atoms with Crippen molar-refractivity contribution in [2.75, 3.05) is 6.54 Å². The maximum absolute atomic E-state index is 12.8. The molecule has 1 aromatic heterocycles. The second-order valence-corrected chi connectivity index (χ2v) is 8.55. The second-order valence-electron chi connectivity index (χ2n) is 8.11. The molecule has 172 valence electrons. The van der Waals surface area contributed by atoms with Gasteiger partial charge in [0, 0.05) is 11.6 Å². The molecule has 2 amide bonds. The maximum atomic E-state index is 12.8. The molecule has 3 N–H and O–H groups in total. The number of tetrazole rings is 1. The Balaban J connectivity index is 1.33. The zero-order valence-corrected chi connectivity index (χ0v) is 19.0. The molecule has 10 heteroatoms. The summed E-state index contributed by atoms with van der Waals surface area (Å²) < 4.78 is 1.50. The molecule has 1 saturated heterocycles. The Hall–Kier alpha value is -3.30. The lowest BCUT2D eigenvalue weighted by atomic mass is 9.86. The van der Waals surface area contributed by atoms with Crippen molar-refractivity contribution in [2.24, 2.45) is 0 Å². The molecule has 0 radical (unpaired) electrons. The zero-order chi connectivity index (χ0) is 23.2. The molecule has 33 heavy (non-hydrogen) atoms. The third kappa shape index (κ3) is 5.74. The van der Waals surface area contributed by atoms with E-state index in [2.05, 4.69) is 43.6 Å². The minimum Gasteiger partial charge on any atom is -0.350 e. The van der Waals surface area contributed by atoms with E-state index < -0.39 is 6.04 Å². The predicted molar refractivity (Wildman–Crippen MR) is 124 cm³/mol. The van der Waals surface area contributed by atoms with Gasteiger partial charge in [-0.2, -0.15) is 0 Å². The zero-order valence-electron chi connectivity index (χ0n) is 18.2. The van der Waals surface area contributed by atoms with Gasteiger partial charge < -0.3 is 16.0 Å². The lowest BCUT2D eigenvalue weighted by Gasteiger charge is -2.30. The fourth-order valence-electron chi connectivity index (χ4n) is 4.05. The molecule has 1 fully saturated rings. The van der Waals surface area contributed by atoms with Crippen molar-refractivity contribution >= 4 is 23.4 Å². The quantitative estimate of drug-likeness (QED) is 0.489. The lowest BCUT2D eigenvalue weighted by molar-refractivity contribution is -0.130. The van der Waals surface area contributed by atoms with Gasteiger partial charge >= 0.3 is 0 Å². The molecule has 3 atom stereocenters. The van der Waals surface area contributed by atoms with Crippen LogP contribution in [0.5, 0.6) is 0 Å². The Bertz CT molecular complexity index is 1090. The molecule has 4 rings (SSSR count). The van der Waals surface area contributed by atoms with Gasteiger partial charge in [-0.3, -0.25) is 9.59 Å². The number of amides is 2. The first-order valence-corrected chi connectivity index (χ1v) is 11.3. The van der Waals surface area contributed by atoms with Crippen molar-refractivity contribution in [1.82, 2.24) is 36.2 Å². The summed E-state index contributed by atoms with van der Waals surface area (Å²) in [5.41, 5.74) is 2.70. The van der Waals surface area contributed by atoms with Crippen molar-refractivity contribution in [3.05, 3.63) is 71.0 Å². The molecule has 0 aliphatic carbocycles. The number of carbonyl (C=O) groups is 2. The van der Waals surface area contributed by atoms with Crippen LogP contribution in [-0.4, -0.2) is 50.7 Å². The summed E-state index contributed by atoms with van der Waals surface area (Å²) in [6.07, 6.45) is 3.15. The number of rotatable bonds is 7. The number of nitrogens with zero attached hydrogens (tertiary/aromatic N) is 4. The van der Waals surface area contributed by atoms with Gasteiger partial charge in [-0.1, -0.05) is 41.9 Å². The Kier molecular flexibility index (Phi) is 7.31. The number of halogens is 1. The van der Waals surface area contributed by atoms with E-state index in [4.69, 9.17) is 11.6 Å². The summed E-state index contributed by atoms with van der Waals surface area (Å²) in [6, 6.07) is 14.5. The first kappa shape index (κ1) is 22.9. The number of nitrogens with one attached hydrogen (secondary N) is 3. The predicted octanol–water partition coefficient (Wildman–Crippen LogP) is 1.97. The van der Waals surface area contributed by atoms with Gasteiger partial charge in [-0.05, 0) is 72.0 Å². The Morgan fingerprint density at radius 2 is 2.06 bits per heavy atom. The van der Waals surface area contributed by atoms with E-state index in [0.29, 0.717) is 23.0 Å². The molecule has 9 nitrogen and oxygen atoms in total. The van der Waals surface area contributed by atoms with E-state index in [0.717, 1.165) is 18.5 Å². The van der Waals surface area contributed by atoms with Crippen molar-refractivity contribution in [2.45, 2.75) is 44.3 Å². The van der Waals surface area contributed by atoms with Crippen molar-refractivity contribution in [3.63, 3.8) is 0 Å². The van der Waals surface area contributed by atoms with E-state index in [1.54, 1.807) is 25.1 Å². The standard InChI is InChI=1S/C23H26ClN7O2/c1-15(28-23(33)20-12-17(9-10-25-20)16-5-3-2-4-6-16)22(32)26-13-18-11-19(24)7-8-21(18)31-14-27-29-30-31/h2-8,11,14-15,17,20,25H,9-10,12-13H2,1H3,(H,26,32)(H,28,33)/t15?,17-,20+/m0/s1. The molecule has 0 saturated carbocycles. The van der Waals surface area contributed by atoms with Crippen LogP contribution < -0.4 is 16.0 Å². The van der Waals surface area contributed by atoms with Crippen LogP contribution in [0.3, 0.4) is 0 Å². The van der Waals surface area contributed by atoms with Gasteiger partial charge in [0.15, 0.2) is 0 Å². The third-order valence-electron chi connectivity index (χ3n) is 5.83. The van der Waals surface area contributed by atoms with Crippen LogP contribution in [-0.2, 0) is 16.1 Å². The molecular formula is C23H26ClN7O2. The topological polar surface area (TPSA) is 114 Å². The highest BCUT2D eigenvalue weighted by atomic mass is 35.5. The second kappa shape index (κ2) is 10.5. The Morgan fingerprint density at radius 3 is 2.82 bits per heavy atom. The number of aromatic nitrogens is 4. The summed E-state index contributed by atoms with van der Waals surface area (Å²) in [5.74, 6) is -0.142. The van der Waals surface area contributed by atoms with Gasteiger partial charge in [-0.25, -0.2) is 4.68 Å². The summed E-state index contributed by atoms with van der Waals surface area (Å²) >= 11 is 6.13. The van der Waals surface area contributed by atoms with Crippen LogP contribution in [0.25, 0.3) is 5.69 Å². The van der Waals surface area contributed by atoms with E-state index in [-0.39, 0.29) is 24.4 Å². The first-order valence-electron chi connectivity index (χ1n) is 10.9. The Morgan fingerprint density at radius 1 is 1.24 bits per heavy atom. The van der Waals surface area contributed by atoms with Crippen LogP contribution in [0.2, 0.25) is 5.02 Å². The van der Waals surface area contributed by atoms with E-state index in [1.807, 2.05) is 18.2 Å². The van der Waals surface area contributed by atoms with Crippen LogP contribution in [0.15, 0.2) is 54.9 Å². The minimum absolute atomic E-state index is 0.171. The van der Waals surface area contributed by atoms with Crippen LogP contribution in [0.4, 0.5) is 0 Å². The molecule has 3 aromatic rings. The summed E-state index contributed by atoms with van der Waals surface area (Å²) in [7, 11) is 0. The molecule has 0 spiro atoms. The smallest absolute Gasteiger partial charge is 0.242 e. The Labute approximate surface area is 196 Å². The van der Waals surface area contributed by atoms with Crippen molar-refractivity contribution < 1.29 is 9.59 Å². The highest BCUT2D eigenvalue weighted by Gasteiger charge is 2.29. The average molecular weight is 468 g/mol. The number of hydrogen-bond acceptors (Lipinski definition) is 6. The molecule has 2 aromatic carbocycles. The van der Waals surface area contributed by atoms with Crippen LogP contribution >= 0.6 is 11.6 Å². The molecular weight excluding hydrogens is 442 g/mol. The minimum atomic E-state index is -0.688. The summed E-state index contributed by atoms with van der Waals surface area (Å²) in [5, 5.41) is 20.7. The van der Waals surface area contributed by atoms with Crippen molar-refractivity contribution in [3.8, 4) is 5.69 Å². The van der Waals surface area contributed by atoms with Crippen LogP contribution in [0.1, 0.15) is 36.8 Å². The van der Waals surface area contributed by atoms with E-state index in [1.165, 1.54) is 16.6 Å². The molecule has 0 bridgehead atoms. The SMILES string of the molecule is CC(NC(=O)[C@H]1C[C@@H](c2ccccc2)CCN1)C(=O)NCc1cc(Cl)ccc1-n1cnnn1. The fraction of sp³-hybridized carbons (Fsp3) is 0.348. The summed E-state index contributed by atoms with van der Waals surface area (Å²) in [4.78, 5) is 25.5. The number of hydrogen-bond donors (Lipinski definition) is 3. The third-order valence-corrected chi connectivity index (χ3v) is 6.07. The normalized spacial score (nSPS) is 19.0. The number of carbonyl (C=O) groups excluding carboxylic acids is 2. The van der Waals surface area contributed by atoms with E-state index in [9.17, 15) is 9.59 Å². The molecule has 2 heterocycles. The molecule has 1 aliphatic heterocycles. The maximum Gasteiger partial charge on any atom is 0.242 e. The van der Waals surface area contributed by atoms with Crippen molar-refractivity contribution in [1.29, 1.82) is 0 Å². The highest BCUT2D eigenvalue weighted by molar-refractivity contribution is 6.30. The highest BCUT2D eigenvalue weighted by Crippen LogP contribution is 2.27. The van der Waals surface area contributed by atoms with Crippen LogP contribution in [0, 0.1) is 0 Å². The largest absolute Gasteiger partial charge is 0.350 e. The number of piperidine rings is 1. The molecule has 1 unspecified atom stereocenters. The number of benzene rings is 2. The lowest BCUT2D eigenvalue weighted by Crippen LogP contribution is -2.53. The van der Waals surface area contributed by atoms with Gasteiger partial charge in [-0.15, -0.1) is 5.10 Å². The van der Waals surface area contributed by atoms with Gasteiger partial charge in [0.2, 0.25) is 11.8 Å². The molecule has 1 aliphatic rings. The monoisotopic (exact) mass is 467 g/mol. The fourth-order valence-corrected chi connectivity index (χ4v) is 4.25.